The van der Waals surface area contributed by atoms with Crippen LogP contribution >= 0.6 is 0 Å². The van der Waals surface area contributed by atoms with E-state index in [9.17, 15) is 20.1 Å². The van der Waals surface area contributed by atoms with Crippen LogP contribution in [-0.4, -0.2) is 68.7 Å². The van der Waals surface area contributed by atoms with E-state index in [0.29, 0.717) is 44.7 Å². The van der Waals surface area contributed by atoms with Gasteiger partial charge in [0, 0.05) is 19.5 Å². The normalized spacial score (nSPS) is 27.9. The topological polar surface area (TPSA) is 103 Å². The Morgan fingerprint density at radius 3 is 2.59 bits per heavy atom. The lowest BCUT2D eigenvalue weighted by Crippen LogP contribution is -2.64. The lowest BCUT2D eigenvalue weighted by atomic mass is 9.75. The molecule has 2 aliphatic rings. The minimum Gasteiger partial charge on any atom is -0.443 e. The van der Waals surface area contributed by atoms with Crippen molar-refractivity contribution in [3.63, 3.8) is 0 Å². The van der Waals surface area contributed by atoms with Crippen molar-refractivity contribution in [1.29, 1.82) is 0 Å². The fraction of sp³-hybridized carbons (Fsp3) is 0.650. The molecule has 0 aromatic carbocycles. The van der Waals surface area contributed by atoms with E-state index in [0.717, 1.165) is 0 Å². The third kappa shape index (κ3) is 4.19. The summed E-state index contributed by atoms with van der Waals surface area (Å²) in [4.78, 5) is 14.3. The van der Waals surface area contributed by atoms with Gasteiger partial charge in [-0.25, -0.2) is 0 Å². The molecule has 3 rings (SSSR count). The fourth-order valence-corrected chi connectivity index (χ4v) is 3.64. The maximum Gasteiger partial charge on any atom is 0.289 e. The number of furan rings is 1. The van der Waals surface area contributed by atoms with Crippen LogP contribution in [0.25, 0.3) is 0 Å². The van der Waals surface area contributed by atoms with E-state index < -0.39 is 22.9 Å². The van der Waals surface area contributed by atoms with Gasteiger partial charge in [-0.05, 0) is 51.7 Å². The predicted molar refractivity (Wildman–Crippen MR) is 97.0 cm³/mol. The van der Waals surface area contributed by atoms with Crippen molar-refractivity contribution >= 4 is 5.91 Å². The zero-order valence-electron chi connectivity index (χ0n) is 16.0. The molecule has 27 heavy (non-hydrogen) atoms. The van der Waals surface area contributed by atoms with Crippen molar-refractivity contribution in [2.24, 2.45) is 0 Å². The van der Waals surface area contributed by atoms with Gasteiger partial charge in [-0.15, -0.1) is 0 Å². The minimum absolute atomic E-state index is 0.183. The lowest BCUT2D eigenvalue weighted by molar-refractivity contribution is -0.244. The highest BCUT2D eigenvalue weighted by Crippen LogP contribution is 2.40. The number of aliphatic hydroxyl groups excluding tert-OH is 1. The highest BCUT2D eigenvalue weighted by atomic mass is 16.5. The Morgan fingerprint density at radius 1 is 1.30 bits per heavy atom. The average Bonchev–Trinajstić information content (AvgIpc) is 3.06. The van der Waals surface area contributed by atoms with E-state index in [2.05, 4.69) is 11.8 Å². The molecule has 0 aliphatic carbocycles. The van der Waals surface area contributed by atoms with Crippen LogP contribution < -0.4 is 0 Å². The van der Waals surface area contributed by atoms with E-state index in [1.165, 1.54) is 0 Å². The van der Waals surface area contributed by atoms with Crippen molar-refractivity contribution in [3.05, 3.63) is 23.7 Å². The van der Waals surface area contributed by atoms with Gasteiger partial charge in [0.05, 0.1) is 12.2 Å². The highest BCUT2D eigenvalue weighted by Gasteiger charge is 2.53. The van der Waals surface area contributed by atoms with Gasteiger partial charge in [0.1, 0.15) is 17.3 Å². The molecule has 1 aromatic rings. The van der Waals surface area contributed by atoms with E-state index in [1.54, 1.807) is 37.8 Å². The van der Waals surface area contributed by atoms with Gasteiger partial charge >= 0.3 is 0 Å². The van der Waals surface area contributed by atoms with E-state index in [-0.39, 0.29) is 11.7 Å². The molecule has 3 N–H and O–H groups in total. The van der Waals surface area contributed by atoms with Gasteiger partial charge in [-0.1, -0.05) is 5.92 Å². The minimum atomic E-state index is -1.18. The Bertz CT molecular complexity index is 755. The summed E-state index contributed by atoms with van der Waals surface area (Å²) in [5.74, 6) is 5.59. The molecular formula is C20H27NO6. The number of carbonyl (C=O) groups is 1. The summed E-state index contributed by atoms with van der Waals surface area (Å²) >= 11 is 0. The summed E-state index contributed by atoms with van der Waals surface area (Å²) in [7, 11) is 0. The monoisotopic (exact) mass is 377 g/mol. The van der Waals surface area contributed by atoms with Crippen LogP contribution in [0.4, 0.5) is 0 Å². The van der Waals surface area contributed by atoms with Crippen LogP contribution in [0.2, 0.25) is 0 Å². The zero-order valence-corrected chi connectivity index (χ0v) is 16.0. The molecule has 2 fully saturated rings. The Labute approximate surface area is 158 Å². The number of carbonyl (C=O) groups excluding carboxylic acids is 1. The van der Waals surface area contributed by atoms with Crippen molar-refractivity contribution in [2.75, 3.05) is 19.7 Å². The Kier molecular flexibility index (Phi) is 5.12. The van der Waals surface area contributed by atoms with E-state index in [4.69, 9.17) is 9.15 Å². The smallest absolute Gasteiger partial charge is 0.289 e. The lowest BCUT2D eigenvalue weighted by Gasteiger charge is -2.51. The number of amides is 1. The van der Waals surface area contributed by atoms with Gasteiger partial charge in [0.25, 0.3) is 5.91 Å². The van der Waals surface area contributed by atoms with E-state index >= 15 is 0 Å². The number of hydrogen-bond donors (Lipinski definition) is 3. The molecule has 2 saturated heterocycles. The molecular weight excluding hydrogens is 350 g/mol. The van der Waals surface area contributed by atoms with Crippen molar-refractivity contribution in [1.82, 2.24) is 4.90 Å². The van der Waals surface area contributed by atoms with Crippen LogP contribution in [0.5, 0.6) is 0 Å². The zero-order chi connectivity index (χ0) is 19.9. The summed E-state index contributed by atoms with van der Waals surface area (Å²) < 4.78 is 11.3. The number of rotatable bonds is 1. The third-order valence-corrected chi connectivity index (χ3v) is 5.29. The second-order valence-corrected chi connectivity index (χ2v) is 8.19. The molecule has 7 nitrogen and oxygen atoms in total. The number of hydrogen-bond acceptors (Lipinski definition) is 6. The van der Waals surface area contributed by atoms with Gasteiger partial charge in [0.15, 0.2) is 11.5 Å². The van der Waals surface area contributed by atoms with Gasteiger partial charge < -0.3 is 29.4 Å². The number of likely N-dealkylation sites (tertiary alicyclic amines) is 1. The Morgan fingerprint density at radius 2 is 1.96 bits per heavy atom. The molecule has 1 spiro atoms. The number of ether oxygens (including phenoxy) is 1. The van der Waals surface area contributed by atoms with Gasteiger partial charge in [0.2, 0.25) is 0 Å². The maximum absolute atomic E-state index is 12.7. The molecule has 3 heterocycles. The first-order valence-corrected chi connectivity index (χ1v) is 9.22. The van der Waals surface area contributed by atoms with E-state index in [1.807, 2.05) is 0 Å². The van der Waals surface area contributed by atoms with Crippen LogP contribution in [0.1, 0.15) is 56.3 Å². The quantitative estimate of drug-likeness (QED) is 0.629. The summed E-state index contributed by atoms with van der Waals surface area (Å²) in [5.41, 5.74) is -3.13. The van der Waals surface area contributed by atoms with Crippen molar-refractivity contribution in [2.45, 2.75) is 62.9 Å². The molecule has 0 radical (unpaired) electrons. The van der Waals surface area contributed by atoms with Crippen molar-refractivity contribution < 1.29 is 29.3 Å². The second-order valence-electron chi connectivity index (χ2n) is 8.19. The largest absolute Gasteiger partial charge is 0.443 e. The predicted octanol–water partition coefficient (Wildman–Crippen LogP) is 0.909. The number of aliphatic hydroxyl groups is 3. The first-order chi connectivity index (χ1) is 12.5. The molecule has 0 bridgehead atoms. The molecule has 7 heteroatoms. The summed E-state index contributed by atoms with van der Waals surface area (Å²) in [6.07, 6.45) is 0.298. The van der Waals surface area contributed by atoms with Crippen molar-refractivity contribution in [3.8, 4) is 11.8 Å². The summed E-state index contributed by atoms with van der Waals surface area (Å²) in [5, 5.41) is 30.6. The molecule has 148 valence electrons. The molecule has 1 unspecified atom stereocenters. The number of piperidine rings is 1. The maximum atomic E-state index is 12.7. The van der Waals surface area contributed by atoms with Gasteiger partial charge in [-0.2, -0.15) is 0 Å². The van der Waals surface area contributed by atoms with Crippen LogP contribution in [0, 0.1) is 11.8 Å². The van der Waals surface area contributed by atoms with Crippen LogP contribution in [0.3, 0.4) is 0 Å². The Hall–Kier alpha value is -1.85. The average molecular weight is 377 g/mol. The van der Waals surface area contributed by atoms with Gasteiger partial charge in [-0.3, -0.25) is 4.79 Å². The Balaban J connectivity index is 1.65. The number of nitrogens with zero attached hydrogens (tertiary/aromatic N) is 1. The molecule has 1 aromatic heterocycles. The first kappa shape index (κ1) is 19.9. The third-order valence-electron chi connectivity index (χ3n) is 5.29. The van der Waals surface area contributed by atoms with Crippen LogP contribution in [-0.2, 0) is 4.74 Å². The summed E-state index contributed by atoms with van der Waals surface area (Å²) in [6.45, 7) is 5.95. The molecule has 2 aliphatic heterocycles. The molecule has 2 atom stereocenters. The molecule has 1 amide bonds. The SMILES string of the molecule is CC(C)(O)C#Cc1ccc(C(=O)N2CCC3(CC2)OCC[C@@](C)(O)C3O)o1. The standard InChI is InChI=1S/C20H27NO6/c1-18(2,24)7-6-14-4-5-15(27-14)16(22)21-11-8-20(9-12-21)17(23)19(3,25)10-13-26-20/h4-5,17,23-25H,8-13H2,1-3H3/t17?,19-/m1/s1. The molecule has 0 saturated carbocycles. The fourth-order valence-electron chi connectivity index (χ4n) is 3.64. The van der Waals surface area contributed by atoms with Crippen LogP contribution in [0.15, 0.2) is 16.5 Å². The highest BCUT2D eigenvalue weighted by molar-refractivity contribution is 5.91. The summed E-state index contributed by atoms with van der Waals surface area (Å²) in [6, 6.07) is 3.17. The first-order valence-electron chi connectivity index (χ1n) is 9.22. The second kappa shape index (κ2) is 6.95.